The van der Waals surface area contributed by atoms with Gasteiger partial charge in [-0.25, -0.2) is 13.8 Å². The van der Waals surface area contributed by atoms with Gasteiger partial charge >= 0.3 is 0 Å². The van der Waals surface area contributed by atoms with Crippen molar-refractivity contribution in [1.29, 1.82) is 0 Å². The van der Waals surface area contributed by atoms with Crippen molar-refractivity contribution in [2.75, 3.05) is 6.61 Å². The zero-order valence-electron chi connectivity index (χ0n) is 17.0. The molecule has 0 saturated carbocycles. The molecular weight excluding hydrogens is 392 g/mol. The van der Waals surface area contributed by atoms with E-state index in [9.17, 15) is 18.7 Å². The van der Waals surface area contributed by atoms with Crippen molar-refractivity contribution in [2.24, 2.45) is 0 Å². The first-order valence-electron chi connectivity index (χ1n) is 9.91. The van der Waals surface area contributed by atoms with E-state index in [1.54, 1.807) is 29.7 Å². The number of carbonyl (C=O) groups is 1. The Balaban J connectivity index is 1.84. The molecule has 0 radical (unpaired) electrons. The van der Waals surface area contributed by atoms with Gasteiger partial charge in [0.1, 0.15) is 12.3 Å². The van der Waals surface area contributed by atoms with Crippen LogP contribution in [0, 0.1) is 18.6 Å². The van der Waals surface area contributed by atoms with Gasteiger partial charge in [-0.05, 0) is 31.5 Å². The third kappa shape index (κ3) is 4.59. The molecule has 0 aliphatic carbocycles. The zero-order chi connectivity index (χ0) is 21.7. The molecule has 1 atom stereocenters. The van der Waals surface area contributed by atoms with Crippen molar-refractivity contribution in [3.8, 4) is 5.75 Å². The Kier molecular flexibility index (Phi) is 6.99. The lowest BCUT2D eigenvalue weighted by Gasteiger charge is -2.16. The first kappa shape index (κ1) is 21.7. The van der Waals surface area contributed by atoms with E-state index in [4.69, 9.17) is 4.74 Å². The minimum atomic E-state index is -0.953. The first-order valence-corrected chi connectivity index (χ1v) is 9.91. The van der Waals surface area contributed by atoms with Crippen LogP contribution in [-0.4, -0.2) is 33.0 Å². The number of halogens is 2. The lowest BCUT2D eigenvalue weighted by Crippen LogP contribution is -2.38. The van der Waals surface area contributed by atoms with Crippen molar-refractivity contribution in [3.05, 3.63) is 65.1 Å². The van der Waals surface area contributed by atoms with Gasteiger partial charge in [0.05, 0.1) is 18.3 Å². The van der Waals surface area contributed by atoms with E-state index in [0.717, 1.165) is 18.9 Å². The zero-order valence-corrected chi connectivity index (χ0v) is 17.0. The standard InChI is InChI=1S/C22H25F2N3O3/c1-3-4-8-16(12-28)26-22(29)20-14(2)25-21-18(10-6-11-27(20)21)30-13-15-7-5-9-17(23)19(15)24/h5-7,9-11,16,28H,3-4,8,12-13H2,1-2H3,(H,26,29)/t16-/m1/s1. The van der Waals surface area contributed by atoms with Crippen LogP contribution >= 0.6 is 0 Å². The molecule has 2 aromatic heterocycles. The predicted molar refractivity (Wildman–Crippen MR) is 108 cm³/mol. The largest absolute Gasteiger partial charge is 0.485 e. The van der Waals surface area contributed by atoms with E-state index >= 15 is 0 Å². The van der Waals surface area contributed by atoms with Gasteiger partial charge in [0.25, 0.3) is 5.91 Å². The maximum Gasteiger partial charge on any atom is 0.270 e. The molecule has 160 valence electrons. The van der Waals surface area contributed by atoms with Crippen LogP contribution in [0.2, 0.25) is 0 Å². The summed E-state index contributed by atoms with van der Waals surface area (Å²) >= 11 is 0. The second-order valence-corrected chi connectivity index (χ2v) is 7.11. The van der Waals surface area contributed by atoms with Crippen LogP contribution < -0.4 is 10.1 Å². The van der Waals surface area contributed by atoms with E-state index in [1.807, 2.05) is 6.92 Å². The third-order valence-corrected chi connectivity index (χ3v) is 4.88. The number of pyridine rings is 1. The second kappa shape index (κ2) is 9.67. The highest BCUT2D eigenvalue weighted by Gasteiger charge is 2.21. The molecule has 6 nitrogen and oxygen atoms in total. The number of nitrogens with one attached hydrogen (secondary N) is 1. The van der Waals surface area contributed by atoms with E-state index in [-0.39, 0.29) is 30.7 Å². The number of aromatic nitrogens is 2. The summed E-state index contributed by atoms with van der Waals surface area (Å²) in [6.45, 7) is 3.43. The van der Waals surface area contributed by atoms with Gasteiger partial charge in [-0.2, -0.15) is 0 Å². The number of benzene rings is 1. The molecule has 2 N–H and O–H groups in total. The normalized spacial score (nSPS) is 12.2. The van der Waals surface area contributed by atoms with Crippen molar-refractivity contribution >= 4 is 11.6 Å². The van der Waals surface area contributed by atoms with Gasteiger partial charge in [-0.1, -0.05) is 31.9 Å². The molecule has 2 heterocycles. The van der Waals surface area contributed by atoms with Crippen LogP contribution in [0.1, 0.15) is 47.9 Å². The Bertz CT molecular complexity index is 1040. The Hall–Kier alpha value is -3.00. The molecule has 0 fully saturated rings. The van der Waals surface area contributed by atoms with Gasteiger partial charge in [-0.15, -0.1) is 0 Å². The molecule has 8 heteroatoms. The number of hydrogen-bond acceptors (Lipinski definition) is 4. The van der Waals surface area contributed by atoms with Crippen LogP contribution in [0.25, 0.3) is 5.65 Å². The minimum Gasteiger partial charge on any atom is -0.485 e. The fourth-order valence-electron chi connectivity index (χ4n) is 3.27. The fourth-order valence-corrected chi connectivity index (χ4v) is 3.27. The quantitative estimate of drug-likeness (QED) is 0.556. The molecule has 3 aromatic rings. The minimum absolute atomic E-state index is 0.0833. The van der Waals surface area contributed by atoms with E-state index in [0.29, 0.717) is 29.2 Å². The molecule has 0 aliphatic heterocycles. The van der Waals surface area contributed by atoms with Crippen LogP contribution in [-0.2, 0) is 6.61 Å². The van der Waals surface area contributed by atoms with Gasteiger partial charge < -0.3 is 15.2 Å². The first-order chi connectivity index (χ1) is 14.5. The Morgan fingerprint density at radius 3 is 2.83 bits per heavy atom. The average Bonchev–Trinajstić information content (AvgIpc) is 3.08. The Morgan fingerprint density at radius 2 is 2.10 bits per heavy atom. The summed E-state index contributed by atoms with van der Waals surface area (Å²) in [5, 5.41) is 12.4. The summed E-state index contributed by atoms with van der Waals surface area (Å²) in [5.74, 6) is -1.89. The summed E-state index contributed by atoms with van der Waals surface area (Å²) in [4.78, 5) is 17.3. The topological polar surface area (TPSA) is 75.9 Å². The number of rotatable bonds is 9. The molecule has 0 saturated heterocycles. The van der Waals surface area contributed by atoms with Gasteiger partial charge in [0.2, 0.25) is 0 Å². The number of imidazole rings is 1. The van der Waals surface area contributed by atoms with Crippen LogP contribution in [0.3, 0.4) is 0 Å². The Labute approximate surface area is 173 Å². The number of amides is 1. The smallest absolute Gasteiger partial charge is 0.270 e. The van der Waals surface area contributed by atoms with Crippen LogP contribution in [0.4, 0.5) is 8.78 Å². The van der Waals surface area contributed by atoms with E-state index in [2.05, 4.69) is 10.3 Å². The number of fused-ring (bicyclic) bond motifs is 1. The summed E-state index contributed by atoms with van der Waals surface area (Å²) in [5.41, 5.74) is 1.31. The molecule has 3 rings (SSSR count). The van der Waals surface area contributed by atoms with Crippen LogP contribution in [0.5, 0.6) is 5.75 Å². The maximum atomic E-state index is 13.9. The van der Waals surface area contributed by atoms with Gasteiger partial charge in [0, 0.05) is 11.8 Å². The number of unbranched alkanes of at least 4 members (excludes halogenated alkanes) is 1. The lowest BCUT2D eigenvalue weighted by atomic mass is 10.1. The monoisotopic (exact) mass is 417 g/mol. The molecule has 0 spiro atoms. The molecule has 30 heavy (non-hydrogen) atoms. The van der Waals surface area contributed by atoms with Gasteiger partial charge in [-0.3, -0.25) is 9.20 Å². The molecule has 0 unspecified atom stereocenters. The highest BCUT2D eigenvalue weighted by atomic mass is 19.2. The van der Waals surface area contributed by atoms with Crippen molar-refractivity contribution in [1.82, 2.24) is 14.7 Å². The summed E-state index contributed by atoms with van der Waals surface area (Å²) in [7, 11) is 0. The Morgan fingerprint density at radius 1 is 1.30 bits per heavy atom. The van der Waals surface area contributed by atoms with Crippen molar-refractivity contribution in [2.45, 2.75) is 45.8 Å². The highest BCUT2D eigenvalue weighted by Crippen LogP contribution is 2.24. The molecule has 1 amide bonds. The highest BCUT2D eigenvalue weighted by molar-refractivity contribution is 5.95. The number of hydrogen-bond donors (Lipinski definition) is 2. The number of nitrogens with zero attached hydrogens (tertiary/aromatic N) is 2. The van der Waals surface area contributed by atoms with Crippen molar-refractivity contribution < 1.29 is 23.4 Å². The second-order valence-electron chi connectivity index (χ2n) is 7.11. The number of aryl methyl sites for hydroxylation is 1. The summed E-state index contributed by atoms with van der Waals surface area (Å²) < 4.78 is 34.6. The average molecular weight is 417 g/mol. The predicted octanol–water partition coefficient (Wildman–Crippen LogP) is 3.78. The number of aliphatic hydroxyl groups excluding tert-OH is 1. The molecule has 0 bridgehead atoms. The van der Waals surface area contributed by atoms with E-state index in [1.165, 1.54) is 12.1 Å². The maximum absolute atomic E-state index is 13.9. The number of ether oxygens (including phenoxy) is 1. The van der Waals surface area contributed by atoms with E-state index < -0.39 is 11.6 Å². The van der Waals surface area contributed by atoms with Gasteiger partial charge in [0.15, 0.2) is 23.0 Å². The number of aliphatic hydroxyl groups is 1. The lowest BCUT2D eigenvalue weighted by molar-refractivity contribution is 0.0905. The fraction of sp³-hybridized carbons (Fsp3) is 0.364. The summed E-state index contributed by atoms with van der Waals surface area (Å²) in [6, 6.07) is 6.90. The molecular formula is C22H25F2N3O3. The summed E-state index contributed by atoms with van der Waals surface area (Å²) in [6.07, 6.45) is 4.22. The SMILES string of the molecule is CCCC[C@H](CO)NC(=O)c1c(C)nc2c(OCc3cccc(F)c3F)cccn12. The third-order valence-electron chi connectivity index (χ3n) is 4.88. The van der Waals surface area contributed by atoms with Crippen molar-refractivity contribution in [3.63, 3.8) is 0 Å². The van der Waals surface area contributed by atoms with Crippen LogP contribution in [0.15, 0.2) is 36.5 Å². The molecule has 1 aromatic carbocycles. The molecule has 0 aliphatic rings. The number of carbonyl (C=O) groups excluding carboxylic acids is 1.